The summed E-state index contributed by atoms with van der Waals surface area (Å²) in [7, 11) is 1.56. The molecule has 0 saturated carbocycles. The summed E-state index contributed by atoms with van der Waals surface area (Å²) < 4.78 is 19.4. The average molecular weight is 356 g/mol. The molecule has 0 radical (unpaired) electrons. The molecule has 0 aliphatic heterocycles. The highest BCUT2D eigenvalue weighted by molar-refractivity contribution is 5.91. The van der Waals surface area contributed by atoms with Crippen LogP contribution in [0.15, 0.2) is 30.7 Å². The third-order valence-corrected chi connectivity index (χ3v) is 3.89. The lowest BCUT2D eigenvalue weighted by atomic mass is 10.0. The van der Waals surface area contributed by atoms with Gasteiger partial charge in [0.05, 0.1) is 12.5 Å². The highest BCUT2D eigenvalue weighted by Crippen LogP contribution is 2.30. The standard InChI is InChI=1S/C18H21FN6O/c1-10(20)12-8-23-16(26-4)13-9-22-15(7-11(12)13)24-14-5-6-21-17(25-14)18(2,3)19/h5-10H,20H2,1-4H3,(H,21,22,24,25)/t10-/m0/s1. The van der Waals surface area contributed by atoms with E-state index < -0.39 is 5.67 Å². The monoisotopic (exact) mass is 356 g/mol. The number of ether oxygens (including phenoxy) is 1. The maximum absolute atomic E-state index is 14.1. The summed E-state index contributed by atoms with van der Waals surface area (Å²) in [6.45, 7) is 4.71. The van der Waals surface area contributed by atoms with Crippen LogP contribution >= 0.6 is 0 Å². The molecule has 7 nitrogen and oxygen atoms in total. The normalized spacial score (nSPS) is 12.8. The van der Waals surface area contributed by atoms with E-state index in [0.717, 1.165) is 16.3 Å². The molecule has 0 aliphatic rings. The molecule has 0 spiro atoms. The van der Waals surface area contributed by atoms with Crippen molar-refractivity contribution in [2.24, 2.45) is 5.73 Å². The van der Waals surface area contributed by atoms with Crippen LogP contribution in [0, 0.1) is 0 Å². The average Bonchev–Trinajstić information content (AvgIpc) is 2.60. The van der Waals surface area contributed by atoms with Crippen LogP contribution in [0.4, 0.5) is 16.0 Å². The molecule has 0 bridgehead atoms. The van der Waals surface area contributed by atoms with Crippen LogP contribution in [0.5, 0.6) is 5.88 Å². The van der Waals surface area contributed by atoms with Gasteiger partial charge in [0.1, 0.15) is 11.6 Å². The second-order valence-electron chi connectivity index (χ2n) is 6.49. The van der Waals surface area contributed by atoms with Crippen LogP contribution in [-0.4, -0.2) is 27.0 Å². The maximum Gasteiger partial charge on any atom is 0.222 e. The van der Waals surface area contributed by atoms with Crippen LogP contribution in [0.2, 0.25) is 0 Å². The highest BCUT2D eigenvalue weighted by Gasteiger charge is 2.22. The van der Waals surface area contributed by atoms with Crippen molar-refractivity contribution < 1.29 is 9.13 Å². The molecule has 1 atom stereocenters. The lowest BCUT2D eigenvalue weighted by Gasteiger charge is -2.15. The number of fused-ring (bicyclic) bond motifs is 1. The second kappa shape index (κ2) is 6.80. The van der Waals surface area contributed by atoms with Gasteiger partial charge in [-0.2, -0.15) is 0 Å². The minimum atomic E-state index is -1.63. The number of pyridine rings is 2. The highest BCUT2D eigenvalue weighted by atomic mass is 19.1. The largest absolute Gasteiger partial charge is 0.481 e. The van der Waals surface area contributed by atoms with Crippen molar-refractivity contribution in [3.05, 3.63) is 42.1 Å². The van der Waals surface area contributed by atoms with Gasteiger partial charge in [0.2, 0.25) is 5.88 Å². The Hall–Kier alpha value is -2.87. The Morgan fingerprint density at radius 3 is 2.58 bits per heavy atom. The van der Waals surface area contributed by atoms with Crippen molar-refractivity contribution in [2.45, 2.75) is 32.5 Å². The quantitative estimate of drug-likeness (QED) is 0.723. The van der Waals surface area contributed by atoms with Gasteiger partial charge in [0, 0.05) is 24.6 Å². The van der Waals surface area contributed by atoms with Crippen molar-refractivity contribution in [2.75, 3.05) is 12.4 Å². The van der Waals surface area contributed by atoms with E-state index in [1.165, 1.54) is 20.0 Å². The summed E-state index contributed by atoms with van der Waals surface area (Å²) in [5, 5.41) is 4.73. The van der Waals surface area contributed by atoms with Gasteiger partial charge in [-0.1, -0.05) is 0 Å². The minimum Gasteiger partial charge on any atom is -0.481 e. The summed E-state index contributed by atoms with van der Waals surface area (Å²) in [5.41, 5.74) is 5.30. The Morgan fingerprint density at radius 1 is 1.15 bits per heavy atom. The first kappa shape index (κ1) is 17.9. The Labute approximate surface area is 150 Å². The van der Waals surface area contributed by atoms with E-state index >= 15 is 0 Å². The van der Waals surface area contributed by atoms with E-state index in [9.17, 15) is 4.39 Å². The van der Waals surface area contributed by atoms with Crippen molar-refractivity contribution in [3.8, 4) is 5.88 Å². The molecular formula is C18H21FN6O. The van der Waals surface area contributed by atoms with Gasteiger partial charge >= 0.3 is 0 Å². The summed E-state index contributed by atoms with van der Waals surface area (Å²) in [4.78, 5) is 16.8. The van der Waals surface area contributed by atoms with Gasteiger partial charge in [-0.15, -0.1) is 0 Å². The number of aromatic nitrogens is 4. The first-order chi connectivity index (χ1) is 12.3. The molecule has 0 unspecified atom stereocenters. The maximum atomic E-state index is 14.1. The van der Waals surface area contributed by atoms with E-state index in [2.05, 4.69) is 25.3 Å². The van der Waals surface area contributed by atoms with Gasteiger partial charge in [0.25, 0.3) is 0 Å². The van der Waals surface area contributed by atoms with Crippen molar-refractivity contribution in [3.63, 3.8) is 0 Å². The number of nitrogens with two attached hydrogens (primary N) is 1. The molecule has 136 valence electrons. The van der Waals surface area contributed by atoms with Crippen molar-refractivity contribution in [1.82, 2.24) is 19.9 Å². The van der Waals surface area contributed by atoms with E-state index in [1.54, 1.807) is 25.6 Å². The Balaban J connectivity index is 2.03. The van der Waals surface area contributed by atoms with E-state index in [1.807, 2.05) is 13.0 Å². The molecule has 0 fully saturated rings. The predicted octanol–water partition coefficient (Wildman–Crippen LogP) is 3.40. The Kier molecular flexibility index (Phi) is 4.69. The van der Waals surface area contributed by atoms with Gasteiger partial charge < -0.3 is 15.8 Å². The molecular weight excluding hydrogens is 335 g/mol. The number of halogens is 1. The lowest BCUT2D eigenvalue weighted by molar-refractivity contribution is 0.206. The minimum absolute atomic E-state index is 0.102. The van der Waals surface area contributed by atoms with Gasteiger partial charge in [-0.05, 0) is 43.9 Å². The van der Waals surface area contributed by atoms with E-state index in [-0.39, 0.29) is 11.9 Å². The molecule has 3 N–H and O–H groups in total. The fourth-order valence-electron chi connectivity index (χ4n) is 2.57. The molecule has 8 heteroatoms. The number of anilines is 2. The molecule has 0 aromatic carbocycles. The van der Waals surface area contributed by atoms with Gasteiger partial charge in [-0.3, -0.25) is 0 Å². The second-order valence-corrected chi connectivity index (χ2v) is 6.49. The fraction of sp³-hybridized carbons (Fsp3) is 0.333. The summed E-state index contributed by atoms with van der Waals surface area (Å²) in [6, 6.07) is 3.30. The number of alkyl halides is 1. The third-order valence-electron chi connectivity index (χ3n) is 3.89. The number of methoxy groups -OCH3 is 1. The van der Waals surface area contributed by atoms with Crippen LogP contribution in [0.3, 0.4) is 0 Å². The molecule has 0 saturated heterocycles. The number of nitrogens with zero attached hydrogens (tertiary/aromatic N) is 4. The van der Waals surface area contributed by atoms with Gasteiger partial charge in [0.15, 0.2) is 11.5 Å². The first-order valence-corrected chi connectivity index (χ1v) is 8.17. The zero-order chi connectivity index (χ0) is 18.9. The van der Waals surface area contributed by atoms with Crippen LogP contribution in [0.25, 0.3) is 10.8 Å². The van der Waals surface area contributed by atoms with Gasteiger partial charge in [-0.25, -0.2) is 24.3 Å². The van der Waals surface area contributed by atoms with Crippen LogP contribution in [-0.2, 0) is 5.67 Å². The third kappa shape index (κ3) is 3.55. The summed E-state index contributed by atoms with van der Waals surface area (Å²) in [6.07, 6.45) is 4.87. The molecule has 0 aliphatic carbocycles. The zero-order valence-electron chi connectivity index (χ0n) is 15.1. The molecule has 3 heterocycles. The molecule has 3 aromatic rings. The smallest absolute Gasteiger partial charge is 0.222 e. The molecule has 3 aromatic heterocycles. The number of hydrogen-bond acceptors (Lipinski definition) is 7. The predicted molar refractivity (Wildman–Crippen MR) is 98.1 cm³/mol. The lowest BCUT2D eigenvalue weighted by Crippen LogP contribution is -2.14. The Bertz CT molecular complexity index is 939. The number of rotatable bonds is 5. The molecule has 0 amide bonds. The SMILES string of the molecule is COc1ncc([C@H](C)N)c2cc(Nc3ccnc(C(C)(C)F)n3)ncc12. The number of hydrogen-bond donors (Lipinski definition) is 2. The first-order valence-electron chi connectivity index (χ1n) is 8.17. The molecule has 3 rings (SSSR count). The topological polar surface area (TPSA) is 98.8 Å². The van der Waals surface area contributed by atoms with E-state index in [0.29, 0.717) is 17.5 Å². The zero-order valence-corrected chi connectivity index (χ0v) is 15.1. The van der Waals surface area contributed by atoms with Crippen LogP contribution < -0.4 is 15.8 Å². The van der Waals surface area contributed by atoms with E-state index in [4.69, 9.17) is 10.5 Å². The van der Waals surface area contributed by atoms with Crippen LogP contribution in [0.1, 0.15) is 38.2 Å². The molecule has 26 heavy (non-hydrogen) atoms. The summed E-state index contributed by atoms with van der Waals surface area (Å²) >= 11 is 0. The Morgan fingerprint density at radius 2 is 1.92 bits per heavy atom. The van der Waals surface area contributed by atoms with Crippen molar-refractivity contribution >= 4 is 22.4 Å². The number of nitrogens with one attached hydrogen (secondary N) is 1. The fourth-order valence-corrected chi connectivity index (χ4v) is 2.57. The summed E-state index contributed by atoms with van der Waals surface area (Å²) in [5.74, 6) is 1.59. The van der Waals surface area contributed by atoms with Crippen molar-refractivity contribution in [1.29, 1.82) is 0 Å².